The van der Waals surface area contributed by atoms with Gasteiger partial charge in [-0.25, -0.2) is 0 Å². The normalized spacial score (nSPS) is 31.2. The fourth-order valence-corrected chi connectivity index (χ4v) is 3.45. The molecule has 9 heteroatoms. The maximum Gasteiger partial charge on any atom is 0.220 e. The Balaban J connectivity index is 2.77. The molecule has 3 unspecified atom stereocenters. The molecule has 1 fully saturated rings. The van der Waals surface area contributed by atoms with Crippen LogP contribution in [0.5, 0.6) is 0 Å². The van der Waals surface area contributed by atoms with Crippen molar-refractivity contribution in [3.05, 3.63) is 0 Å². The van der Waals surface area contributed by atoms with E-state index in [2.05, 4.69) is 5.32 Å². The predicted octanol–water partition coefficient (Wildman–Crippen LogP) is -1.19. The van der Waals surface area contributed by atoms with Crippen LogP contribution in [0.2, 0.25) is 0 Å². The van der Waals surface area contributed by atoms with E-state index < -0.39 is 55.4 Å². The Morgan fingerprint density at radius 2 is 1.64 bits per heavy atom. The zero-order valence-electron chi connectivity index (χ0n) is 16.8. The van der Waals surface area contributed by atoms with Crippen LogP contribution < -0.4 is 5.32 Å². The Morgan fingerprint density at radius 1 is 1.00 bits per heavy atom. The summed E-state index contributed by atoms with van der Waals surface area (Å²) in [6, 6.07) is -0.752. The molecule has 8 atom stereocenters. The van der Waals surface area contributed by atoms with Crippen LogP contribution in [0.4, 0.5) is 0 Å². The minimum absolute atomic E-state index is 0.149. The molecule has 1 aliphatic heterocycles. The van der Waals surface area contributed by atoms with Crippen LogP contribution in [-0.2, 0) is 9.53 Å². The van der Waals surface area contributed by atoms with E-state index in [-0.39, 0.29) is 25.2 Å². The largest absolute Gasteiger partial charge is 0.394 e. The van der Waals surface area contributed by atoms with E-state index in [1.54, 1.807) is 0 Å². The molecule has 0 saturated carbocycles. The number of nitrogens with one attached hydrogen (secondary N) is 1. The molecule has 0 aromatic carbocycles. The average molecular weight is 408 g/mol. The smallest absolute Gasteiger partial charge is 0.220 e. The van der Waals surface area contributed by atoms with Gasteiger partial charge in [0.1, 0.15) is 24.4 Å². The third-order valence-corrected chi connectivity index (χ3v) is 5.24. The molecule has 0 aromatic heterocycles. The summed E-state index contributed by atoms with van der Waals surface area (Å²) in [4.78, 5) is 12.0. The number of amides is 1. The van der Waals surface area contributed by atoms with Crippen molar-refractivity contribution in [2.24, 2.45) is 0 Å². The number of hydrogen-bond acceptors (Lipinski definition) is 8. The first-order chi connectivity index (χ1) is 13.3. The van der Waals surface area contributed by atoms with E-state index in [4.69, 9.17) is 4.74 Å². The SMILES string of the molecule is CCCC[C@@H](O)[C@@H](O)[C@H](CC[C@H]1OC(CO)[C@H](O)C(O)C1O)NC(=O)CCC. The number of carbonyl (C=O) groups is 1. The van der Waals surface area contributed by atoms with Crippen molar-refractivity contribution in [1.29, 1.82) is 0 Å². The standard InChI is InChI=1S/C19H37NO8/c1-3-5-7-12(22)16(24)11(20-15(23)6-4-2)8-9-13-17(25)19(27)18(26)14(10-21)28-13/h11-14,16-19,21-22,24-27H,3-10H2,1-2H3,(H,20,23)/t11-,12+,13+,14?,16-,17?,18-,19?/m0/s1. The second-order valence-electron chi connectivity index (χ2n) is 7.57. The quantitative estimate of drug-likeness (QED) is 0.212. The highest BCUT2D eigenvalue weighted by atomic mass is 16.5. The van der Waals surface area contributed by atoms with Crippen molar-refractivity contribution in [3.63, 3.8) is 0 Å². The molecule has 7 N–H and O–H groups in total. The van der Waals surface area contributed by atoms with Crippen LogP contribution >= 0.6 is 0 Å². The zero-order chi connectivity index (χ0) is 21.3. The van der Waals surface area contributed by atoms with Gasteiger partial charge < -0.3 is 40.7 Å². The fourth-order valence-electron chi connectivity index (χ4n) is 3.45. The Morgan fingerprint density at radius 3 is 2.21 bits per heavy atom. The van der Waals surface area contributed by atoms with Gasteiger partial charge in [-0.05, 0) is 25.7 Å². The summed E-state index contributed by atoms with van der Waals surface area (Å²) < 4.78 is 5.47. The Bertz CT molecular complexity index is 450. The fraction of sp³-hybridized carbons (Fsp3) is 0.947. The zero-order valence-corrected chi connectivity index (χ0v) is 16.8. The van der Waals surface area contributed by atoms with Gasteiger partial charge in [-0.2, -0.15) is 0 Å². The maximum atomic E-state index is 12.0. The number of unbranched alkanes of at least 4 members (excludes halogenated alkanes) is 1. The Labute approximate surface area is 166 Å². The second-order valence-corrected chi connectivity index (χ2v) is 7.57. The molecule has 0 bridgehead atoms. The highest BCUT2D eigenvalue weighted by Gasteiger charge is 2.43. The topological polar surface area (TPSA) is 160 Å². The first kappa shape index (κ1) is 25.2. The number of aliphatic hydroxyl groups excluding tert-OH is 6. The Kier molecular flexibility index (Phi) is 11.4. The lowest BCUT2D eigenvalue weighted by Crippen LogP contribution is -2.59. The molecule has 0 spiro atoms. The van der Waals surface area contributed by atoms with Crippen molar-refractivity contribution in [2.45, 2.75) is 108 Å². The van der Waals surface area contributed by atoms with Gasteiger partial charge >= 0.3 is 0 Å². The minimum Gasteiger partial charge on any atom is -0.394 e. The van der Waals surface area contributed by atoms with E-state index >= 15 is 0 Å². The second kappa shape index (κ2) is 12.7. The van der Waals surface area contributed by atoms with Crippen molar-refractivity contribution < 1.29 is 40.2 Å². The molecule has 1 rings (SSSR count). The number of hydrogen-bond donors (Lipinski definition) is 7. The van der Waals surface area contributed by atoms with Gasteiger partial charge in [-0.15, -0.1) is 0 Å². The van der Waals surface area contributed by atoms with Crippen LogP contribution in [-0.4, -0.2) is 91.9 Å². The molecular formula is C19H37NO8. The maximum absolute atomic E-state index is 12.0. The van der Waals surface area contributed by atoms with Crippen LogP contribution in [0, 0.1) is 0 Å². The minimum atomic E-state index is -1.47. The van der Waals surface area contributed by atoms with Crippen LogP contribution in [0.25, 0.3) is 0 Å². The lowest BCUT2D eigenvalue weighted by Gasteiger charge is -2.40. The lowest BCUT2D eigenvalue weighted by atomic mass is 9.90. The number of carbonyl (C=O) groups excluding carboxylic acids is 1. The van der Waals surface area contributed by atoms with Crippen LogP contribution in [0.1, 0.15) is 58.8 Å². The summed E-state index contributed by atoms with van der Waals surface area (Å²) in [6.45, 7) is 3.31. The molecule has 1 heterocycles. The summed E-state index contributed by atoms with van der Waals surface area (Å²) in [6.07, 6.45) is -5.09. The molecule has 0 aliphatic carbocycles. The molecule has 1 saturated heterocycles. The molecule has 0 radical (unpaired) electrons. The molecule has 166 valence electrons. The van der Waals surface area contributed by atoms with E-state index in [9.17, 15) is 35.4 Å². The Hall–Kier alpha value is -0.810. The van der Waals surface area contributed by atoms with Crippen molar-refractivity contribution in [3.8, 4) is 0 Å². The third kappa shape index (κ3) is 7.22. The first-order valence-electron chi connectivity index (χ1n) is 10.2. The average Bonchev–Trinajstić information content (AvgIpc) is 2.68. The monoisotopic (exact) mass is 407 g/mol. The third-order valence-electron chi connectivity index (χ3n) is 5.24. The molecule has 0 aromatic rings. The van der Waals surface area contributed by atoms with Crippen molar-refractivity contribution in [2.75, 3.05) is 6.61 Å². The summed E-state index contributed by atoms with van der Waals surface area (Å²) >= 11 is 0. The molecule has 9 nitrogen and oxygen atoms in total. The molecule has 28 heavy (non-hydrogen) atoms. The van der Waals surface area contributed by atoms with E-state index in [1.165, 1.54) is 0 Å². The molecule has 1 amide bonds. The molecule has 1 aliphatic rings. The van der Waals surface area contributed by atoms with E-state index in [1.807, 2.05) is 13.8 Å². The summed E-state index contributed by atoms with van der Waals surface area (Å²) in [7, 11) is 0. The van der Waals surface area contributed by atoms with Crippen molar-refractivity contribution >= 4 is 5.91 Å². The number of rotatable bonds is 12. The van der Waals surface area contributed by atoms with Gasteiger partial charge in [0, 0.05) is 6.42 Å². The van der Waals surface area contributed by atoms with Gasteiger partial charge in [-0.3, -0.25) is 4.79 Å². The van der Waals surface area contributed by atoms with Gasteiger partial charge in [0.2, 0.25) is 5.91 Å². The first-order valence-corrected chi connectivity index (χ1v) is 10.2. The molecular weight excluding hydrogens is 370 g/mol. The van der Waals surface area contributed by atoms with E-state index in [0.29, 0.717) is 12.8 Å². The highest BCUT2D eigenvalue weighted by Crippen LogP contribution is 2.25. The van der Waals surface area contributed by atoms with E-state index in [0.717, 1.165) is 12.8 Å². The predicted molar refractivity (Wildman–Crippen MR) is 101 cm³/mol. The summed E-state index contributed by atoms with van der Waals surface area (Å²) in [5.74, 6) is -0.247. The van der Waals surface area contributed by atoms with Gasteiger partial charge in [0.05, 0.1) is 31.0 Å². The van der Waals surface area contributed by atoms with Gasteiger partial charge in [0.15, 0.2) is 0 Å². The van der Waals surface area contributed by atoms with Crippen molar-refractivity contribution in [1.82, 2.24) is 5.32 Å². The number of ether oxygens (including phenoxy) is 1. The number of aliphatic hydroxyl groups is 6. The highest BCUT2D eigenvalue weighted by molar-refractivity contribution is 5.76. The van der Waals surface area contributed by atoms with Crippen LogP contribution in [0.3, 0.4) is 0 Å². The lowest BCUT2D eigenvalue weighted by molar-refractivity contribution is -0.231. The van der Waals surface area contributed by atoms with Gasteiger partial charge in [0.25, 0.3) is 0 Å². The summed E-state index contributed by atoms with van der Waals surface area (Å²) in [5, 5.41) is 62.6. The van der Waals surface area contributed by atoms with Crippen LogP contribution in [0.15, 0.2) is 0 Å². The summed E-state index contributed by atoms with van der Waals surface area (Å²) in [5.41, 5.74) is 0. The van der Waals surface area contributed by atoms with Gasteiger partial charge in [-0.1, -0.05) is 26.7 Å².